The largest absolute Gasteiger partial charge is 0.349 e. The fraction of sp³-hybridized carbons (Fsp3) is 0.455. The summed E-state index contributed by atoms with van der Waals surface area (Å²) in [5.74, 6) is -0.00783. The van der Waals surface area contributed by atoms with Crippen LogP contribution in [-0.2, 0) is 0 Å². The van der Waals surface area contributed by atoms with Crippen molar-refractivity contribution in [3.05, 3.63) is 53.9 Å². The quantitative estimate of drug-likeness (QED) is 0.771. The molecule has 138 valence electrons. The molecule has 2 aromatic rings. The van der Waals surface area contributed by atoms with Crippen LogP contribution >= 0.6 is 0 Å². The Morgan fingerprint density at radius 1 is 1.12 bits per heavy atom. The van der Waals surface area contributed by atoms with Crippen LogP contribution in [0.15, 0.2) is 42.7 Å². The summed E-state index contributed by atoms with van der Waals surface area (Å²) < 4.78 is 0. The highest BCUT2D eigenvalue weighted by atomic mass is 16.1. The molecule has 3 rings (SSSR count). The zero-order valence-corrected chi connectivity index (χ0v) is 15.9. The van der Waals surface area contributed by atoms with E-state index in [1.807, 2.05) is 12.3 Å². The first-order valence-corrected chi connectivity index (χ1v) is 9.77. The summed E-state index contributed by atoms with van der Waals surface area (Å²) in [5, 5.41) is 3.21. The maximum absolute atomic E-state index is 12.7. The molecular weight excluding hydrogens is 322 g/mol. The predicted molar refractivity (Wildman–Crippen MR) is 107 cm³/mol. The van der Waals surface area contributed by atoms with Gasteiger partial charge < -0.3 is 10.2 Å². The van der Waals surface area contributed by atoms with Crippen LogP contribution < -0.4 is 10.2 Å². The van der Waals surface area contributed by atoms with Gasteiger partial charge in [0.15, 0.2) is 0 Å². The Labute approximate surface area is 156 Å². The predicted octanol–water partition coefficient (Wildman–Crippen LogP) is 5.00. The zero-order valence-electron chi connectivity index (χ0n) is 15.9. The molecule has 1 amide bonds. The van der Waals surface area contributed by atoms with Crippen molar-refractivity contribution in [1.29, 1.82) is 0 Å². The molecule has 1 saturated carbocycles. The molecule has 1 fully saturated rings. The minimum absolute atomic E-state index is 0.00783. The Bertz CT molecular complexity index is 736. The SMILES string of the molecule is CCN(c1cccc(C)c1)c1cncc(C(=O)NC2CCCCCC2)c1. The van der Waals surface area contributed by atoms with Crippen molar-refractivity contribution in [2.24, 2.45) is 0 Å². The molecule has 0 radical (unpaired) electrons. The van der Waals surface area contributed by atoms with Gasteiger partial charge in [0.05, 0.1) is 17.4 Å². The van der Waals surface area contributed by atoms with Crippen LogP contribution in [0.3, 0.4) is 0 Å². The number of carbonyl (C=O) groups excluding carboxylic acids is 1. The van der Waals surface area contributed by atoms with E-state index in [1.54, 1.807) is 6.20 Å². The zero-order chi connectivity index (χ0) is 18.4. The standard InChI is InChI=1S/C22H29N3O/c1-3-25(20-12-8-9-17(2)13-20)21-14-18(15-23-16-21)22(26)24-19-10-6-4-5-7-11-19/h8-9,12-16,19H,3-7,10-11H2,1-2H3,(H,24,26). The lowest BCUT2D eigenvalue weighted by molar-refractivity contribution is 0.0933. The van der Waals surface area contributed by atoms with Crippen molar-refractivity contribution in [1.82, 2.24) is 10.3 Å². The molecule has 0 spiro atoms. The third-order valence-corrected chi connectivity index (χ3v) is 5.12. The van der Waals surface area contributed by atoms with Gasteiger partial charge >= 0.3 is 0 Å². The molecule has 0 unspecified atom stereocenters. The minimum atomic E-state index is -0.00783. The maximum atomic E-state index is 12.7. The molecule has 26 heavy (non-hydrogen) atoms. The van der Waals surface area contributed by atoms with Gasteiger partial charge in [0.25, 0.3) is 5.91 Å². The molecule has 1 heterocycles. The highest BCUT2D eigenvalue weighted by Crippen LogP contribution is 2.26. The first-order chi connectivity index (χ1) is 12.7. The maximum Gasteiger partial charge on any atom is 0.253 e. The molecule has 1 aromatic carbocycles. The van der Waals surface area contributed by atoms with E-state index in [0.29, 0.717) is 11.6 Å². The van der Waals surface area contributed by atoms with Crippen molar-refractivity contribution in [2.45, 2.75) is 58.4 Å². The highest BCUT2D eigenvalue weighted by Gasteiger charge is 2.17. The van der Waals surface area contributed by atoms with Crippen molar-refractivity contribution in [3.63, 3.8) is 0 Å². The summed E-state index contributed by atoms with van der Waals surface area (Å²) in [5.41, 5.74) is 3.93. The van der Waals surface area contributed by atoms with Crippen LogP contribution in [-0.4, -0.2) is 23.5 Å². The van der Waals surface area contributed by atoms with Crippen LogP contribution in [0, 0.1) is 6.92 Å². The van der Waals surface area contributed by atoms with E-state index in [4.69, 9.17) is 0 Å². The van der Waals surface area contributed by atoms with Crippen molar-refractivity contribution >= 4 is 17.3 Å². The number of carbonyl (C=O) groups is 1. The Hall–Kier alpha value is -2.36. The van der Waals surface area contributed by atoms with Gasteiger partial charge in [-0.3, -0.25) is 9.78 Å². The van der Waals surface area contributed by atoms with Gasteiger partial charge in [-0.05, 0) is 50.5 Å². The first-order valence-electron chi connectivity index (χ1n) is 9.77. The monoisotopic (exact) mass is 351 g/mol. The Kier molecular flexibility index (Phi) is 6.26. The second-order valence-electron chi connectivity index (χ2n) is 7.18. The number of anilines is 2. The Balaban J connectivity index is 1.77. The molecular formula is C22H29N3O. The second-order valence-corrected chi connectivity index (χ2v) is 7.18. The fourth-order valence-electron chi connectivity index (χ4n) is 3.70. The normalized spacial score (nSPS) is 15.3. The molecule has 4 heteroatoms. The topological polar surface area (TPSA) is 45.2 Å². The number of hydrogen-bond donors (Lipinski definition) is 1. The molecule has 0 aliphatic heterocycles. The summed E-state index contributed by atoms with van der Waals surface area (Å²) in [6, 6.07) is 10.6. The van der Waals surface area contributed by atoms with Gasteiger partial charge in [-0.1, -0.05) is 37.8 Å². The van der Waals surface area contributed by atoms with E-state index >= 15 is 0 Å². The molecule has 1 aliphatic rings. The molecule has 1 aliphatic carbocycles. The van der Waals surface area contributed by atoms with Crippen LogP contribution in [0.25, 0.3) is 0 Å². The van der Waals surface area contributed by atoms with E-state index in [1.165, 1.54) is 31.2 Å². The summed E-state index contributed by atoms with van der Waals surface area (Å²) in [6.45, 7) is 5.02. The second kappa shape index (κ2) is 8.84. The number of pyridine rings is 1. The molecule has 4 nitrogen and oxygen atoms in total. The van der Waals surface area contributed by atoms with Crippen LogP contribution in [0.2, 0.25) is 0 Å². The number of nitrogens with zero attached hydrogens (tertiary/aromatic N) is 2. The number of rotatable bonds is 5. The van der Waals surface area contributed by atoms with Gasteiger partial charge in [0, 0.05) is 24.5 Å². The van der Waals surface area contributed by atoms with Gasteiger partial charge in [-0.2, -0.15) is 0 Å². The minimum Gasteiger partial charge on any atom is -0.349 e. The van der Waals surface area contributed by atoms with Crippen LogP contribution in [0.4, 0.5) is 11.4 Å². The smallest absolute Gasteiger partial charge is 0.253 e. The lowest BCUT2D eigenvalue weighted by atomic mass is 10.1. The Morgan fingerprint density at radius 2 is 1.88 bits per heavy atom. The number of aromatic nitrogens is 1. The molecule has 0 atom stereocenters. The van der Waals surface area contributed by atoms with Gasteiger partial charge in [0.1, 0.15) is 0 Å². The fourth-order valence-corrected chi connectivity index (χ4v) is 3.70. The summed E-state index contributed by atoms with van der Waals surface area (Å²) >= 11 is 0. The average molecular weight is 351 g/mol. The van der Waals surface area contributed by atoms with Crippen molar-refractivity contribution < 1.29 is 4.79 Å². The summed E-state index contributed by atoms with van der Waals surface area (Å²) in [7, 11) is 0. The molecule has 0 saturated heterocycles. The van der Waals surface area contributed by atoms with E-state index in [2.05, 4.69) is 53.3 Å². The molecule has 1 N–H and O–H groups in total. The third-order valence-electron chi connectivity index (χ3n) is 5.12. The van der Waals surface area contributed by atoms with Crippen LogP contribution in [0.5, 0.6) is 0 Å². The van der Waals surface area contributed by atoms with Crippen molar-refractivity contribution in [2.75, 3.05) is 11.4 Å². The van der Waals surface area contributed by atoms with Gasteiger partial charge in [-0.25, -0.2) is 0 Å². The van der Waals surface area contributed by atoms with Gasteiger partial charge in [-0.15, -0.1) is 0 Å². The van der Waals surface area contributed by atoms with Crippen LogP contribution in [0.1, 0.15) is 61.4 Å². The number of benzene rings is 1. The highest BCUT2D eigenvalue weighted by molar-refractivity contribution is 5.95. The van der Waals surface area contributed by atoms with E-state index in [-0.39, 0.29) is 5.91 Å². The van der Waals surface area contributed by atoms with E-state index in [9.17, 15) is 4.79 Å². The van der Waals surface area contributed by atoms with E-state index < -0.39 is 0 Å². The lowest BCUT2D eigenvalue weighted by Crippen LogP contribution is -2.34. The Morgan fingerprint density at radius 3 is 2.58 bits per heavy atom. The number of amides is 1. The van der Waals surface area contributed by atoms with Crippen molar-refractivity contribution in [3.8, 4) is 0 Å². The number of hydrogen-bond acceptors (Lipinski definition) is 3. The molecule has 0 bridgehead atoms. The summed E-state index contributed by atoms with van der Waals surface area (Å²) in [4.78, 5) is 19.2. The number of nitrogens with one attached hydrogen (secondary N) is 1. The average Bonchev–Trinajstić information content (AvgIpc) is 2.91. The van der Waals surface area contributed by atoms with E-state index in [0.717, 1.165) is 30.8 Å². The third kappa shape index (κ3) is 4.63. The first kappa shape index (κ1) is 18.4. The van der Waals surface area contributed by atoms with Gasteiger partial charge in [0.2, 0.25) is 0 Å². The number of aryl methyl sites for hydroxylation is 1. The molecule has 1 aromatic heterocycles. The lowest BCUT2D eigenvalue weighted by Gasteiger charge is -2.24. The summed E-state index contributed by atoms with van der Waals surface area (Å²) in [6.07, 6.45) is 10.7.